The van der Waals surface area contributed by atoms with Gasteiger partial charge < -0.3 is 54.7 Å². The van der Waals surface area contributed by atoms with Gasteiger partial charge in [-0.2, -0.15) is 0 Å². The Morgan fingerprint density at radius 3 is 2.09 bits per heavy atom. The number of nitrogens with zero attached hydrogens (tertiary/aromatic N) is 1. The first-order valence-corrected chi connectivity index (χ1v) is 13.3. The number of carboxylic acids is 1. The predicted molar refractivity (Wildman–Crippen MR) is 156 cm³/mol. The van der Waals surface area contributed by atoms with Crippen LogP contribution < -0.4 is 44.6 Å². The van der Waals surface area contributed by atoms with E-state index in [1.165, 1.54) is 0 Å². The number of hydrogen-bond donors (Lipinski definition) is 10. The molecule has 43 heavy (non-hydrogen) atoms. The standard InChI is InChI=1S/C26H38N10O7/c27-15(10-13-12-33-16-5-2-1-4-14(13)16)22(39)34-17(7-8-20(28)37)23(40)36-19(11-21(29)38)24(41)35-18(25(42)43)6-3-9-32-26(30)31/h1-2,4-5,12,15,17-19,33H,3,6-11,27H2,(H2,28,37)(H2,29,38)(H,34,39)(H,35,41)(H,36,40)(H,42,43)(H4,30,31,32). The smallest absolute Gasteiger partial charge is 0.326 e. The van der Waals surface area contributed by atoms with Crippen LogP contribution in [-0.4, -0.2) is 82.3 Å². The van der Waals surface area contributed by atoms with Crippen molar-refractivity contribution in [2.24, 2.45) is 33.7 Å². The molecule has 2 aromatic rings. The van der Waals surface area contributed by atoms with E-state index in [2.05, 4.69) is 25.9 Å². The third kappa shape index (κ3) is 11.3. The van der Waals surface area contributed by atoms with E-state index in [9.17, 15) is 33.9 Å². The molecule has 1 heterocycles. The lowest BCUT2D eigenvalue weighted by Gasteiger charge is -2.24. The fourth-order valence-corrected chi connectivity index (χ4v) is 4.18. The van der Waals surface area contributed by atoms with Crippen LogP contribution in [0.15, 0.2) is 35.5 Å². The number of aliphatic imine (C=N–C) groups is 1. The molecule has 17 nitrogen and oxygen atoms in total. The molecule has 5 amide bonds. The summed E-state index contributed by atoms with van der Waals surface area (Å²) in [6.45, 7) is 0.104. The van der Waals surface area contributed by atoms with Crippen LogP contribution in [0, 0.1) is 0 Å². The van der Waals surface area contributed by atoms with E-state index in [0.29, 0.717) is 0 Å². The molecule has 0 fully saturated rings. The number of H-pyrrole nitrogens is 1. The first-order chi connectivity index (χ1) is 20.3. The van der Waals surface area contributed by atoms with Crippen molar-refractivity contribution in [1.82, 2.24) is 20.9 Å². The van der Waals surface area contributed by atoms with Crippen LogP contribution in [0.5, 0.6) is 0 Å². The zero-order valence-corrected chi connectivity index (χ0v) is 23.4. The zero-order valence-electron chi connectivity index (χ0n) is 23.4. The van der Waals surface area contributed by atoms with Crippen LogP contribution >= 0.6 is 0 Å². The number of benzene rings is 1. The molecular weight excluding hydrogens is 564 g/mol. The van der Waals surface area contributed by atoms with Crippen molar-refractivity contribution < 1.29 is 33.9 Å². The molecule has 4 unspecified atom stereocenters. The Morgan fingerprint density at radius 1 is 0.837 bits per heavy atom. The van der Waals surface area contributed by atoms with E-state index in [1.54, 1.807) is 6.20 Å². The summed E-state index contributed by atoms with van der Waals surface area (Å²) in [4.78, 5) is 80.7. The normalized spacial score (nSPS) is 13.6. The van der Waals surface area contributed by atoms with Gasteiger partial charge in [-0.1, -0.05) is 18.2 Å². The van der Waals surface area contributed by atoms with Gasteiger partial charge in [0.15, 0.2) is 5.96 Å². The SMILES string of the molecule is NC(=O)CCC(NC(=O)C(N)Cc1c[nH]c2ccccc12)C(=O)NC(CC(N)=O)C(=O)NC(CCCN=C(N)N)C(=O)O. The van der Waals surface area contributed by atoms with E-state index in [4.69, 9.17) is 28.7 Å². The number of fused-ring (bicyclic) bond motifs is 1. The third-order valence-electron chi connectivity index (χ3n) is 6.36. The van der Waals surface area contributed by atoms with Gasteiger partial charge >= 0.3 is 5.97 Å². The molecule has 1 aromatic carbocycles. The number of guanidine groups is 1. The second kappa shape index (κ2) is 16.3. The van der Waals surface area contributed by atoms with Gasteiger partial charge in [-0.05, 0) is 37.3 Å². The molecule has 0 radical (unpaired) electrons. The molecule has 15 N–H and O–H groups in total. The van der Waals surface area contributed by atoms with Gasteiger partial charge in [0, 0.05) is 30.1 Å². The number of carbonyl (C=O) groups excluding carboxylic acids is 5. The maximum absolute atomic E-state index is 13.2. The summed E-state index contributed by atoms with van der Waals surface area (Å²) in [5.74, 6) is -5.98. The molecule has 0 spiro atoms. The van der Waals surface area contributed by atoms with E-state index < -0.39 is 66.1 Å². The number of nitrogens with one attached hydrogen (secondary N) is 4. The van der Waals surface area contributed by atoms with E-state index in [0.717, 1.165) is 16.5 Å². The van der Waals surface area contributed by atoms with E-state index >= 15 is 0 Å². The number of amides is 5. The minimum absolute atomic E-state index is 0.0687. The van der Waals surface area contributed by atoms with Gasteiger partial charge in [-0.15, -0.1) is 0 Å². The Morgan fingerprint density at radius 2 is 1.47 bits per heavy atom. The largest absolute Gasteiger partial charge is 0.480 e. The lowest BCUT2D eigenvalue weighted by Crippen LogP contribution is -2.58. The molecule has 1 aromatic heterocycles. The first-order valence-electron chi connectivity index (χ1n) is 13.3. The highest BCUT2D eigenvalue weighted by atomic mass is 16.4. The Balaban J connectivity index is 2.13. The molecule has 0 bridgehead atoms. The van der Waals surface area contributed by atoms with Crippen molar-refractivity contribution in [1.29, 1.82) is 0 Å². The van der Waals surface area contributed by atoms with Crippen LogP contribution in [0.2, 0.25) is 0 Å². The number of hydrogen-bond acceptors (Lipinski definition) is 8. The van der Waals surface area contributed by atoms with E-state index in [1.807, 2.05) is 24.3 Å². The number of primary amides is 2. The lowest BCUT2D eigenvalue weighted by molar-refractivity contribution is -0.142. The molecule has 234 valence electrons. The average Bonchev–Trinajstić information content (AvgIpc) is 3.33. The summed E-state index contributed by atoms with van der Waals surface area (Å²) in [7, 11) is 0. The maximum Gasteiger partial charge on any atom is 0.326 e. The number of aromatic amines is 1. The third-order valence-corrected chi connectivity index (χ3v) is 6.36. The second-order valence-corrected chi connectivity index (χ2v) is 9.82. The number of aromatic nitrogens is 1. The quantitative estimate of drug-likeness (QED) is 0.0462. The minimum Gasteiger partial charge on any atom is -0.480 e. The van der Waals surface area contributed by atoms with Crippen molar-refractivity contribution >= 4 is 52.4 Å². The van der Waals surface area contributed by atoms with Crippen molar-refractivity contribution in [3.63, 3.8) is 0 Å². The molecule has 17 heteroatoms. The monoisotopic (exact) mass is 602 g/mol. The van der Waals surface area contributed by atoms with Crippen LogP contribution in [0.1, 0.15) is 37.7 Å². The summed E-state index contributed by atoms with van der Waals surface area (Å²) in [6.07, 6.45) is 0.719. The molecule has 0 saturated carbocycles. The van der Waals surface area contributed by atoms with Gasteiger partial charge in [0.1, 0.15) is 18.1 Å². The van der Waals surface area contributed by atoms with Crippen LogP contribution in [0.3, 0.4) is 0 Å². The predicted octanol–water partition coefficient (Wildman–Crippen LogP) is -3.23. The van der Waals surface area contributed by atoms with Gasteiger partial charge in [-0.25, -0.2) is 4.79 Å². The van der Waals surface area contributed by atoms with Crippen molar-refractivity contribution in [2.75, 3.05) is 6.54 Å². The highest BCUT2D eigenvalue weighted by Crippen LogP contribution is 2.19. The number of rotatable bonds is 18. The number of aliphatic carboxylic acids is 1. The summed E-state index contributed by atoms with van der Waals surface area (Å²) < 4.78 is 0. The number of nitrogens with two attached hydrogens (primary N) is 5. The molecule has 0 saturated heterocycles. The van der Waals surface area contributed by atoms with Gasteiger partial charge in [0.2, 0.25) is 29.5 Å². The lowest BCUT2D eigenvalue weighted by atomic mass is 10.0. The minimum atomic E-state index is -1.60. The number of para-hydroxylation sites is 1. The fraction of sp³-hybridized carbons (Fsp3) is 0.423. The highest BCUT2D eigenvalue weighted by Gasteiger charge is 2.31. The Kier molecular flexibility index (Phi) is 12.9. The highest BCUT2D eigenvalue weighted by molar-refractivity contribution is 5.96. The van der Waals surface area contributed by atoms with E-state index in [-0.39, 0.29) is 44.6 Å². The molecule has 0 aliphatic rings. The van der Waals surface area contributed by atoms with Crippen molar-refractivity contribution in [2.45, 2.75) is 62.7 Å². The molecule has 0 aliphatic heterocycles. The Hall–Kier alpha value is -5.19. The zero-order chi connectivity index (χ0) is 32.1. The van der Waals surface area contributed by atoms with Crippen LogP contribution in [0.25, 0.3) is 10.9 Å². The van der Waals surface area contributed by atoms with Gasteiger partial charge in [0.05, 0.1) is 12.5 Å². The summed E-state index contributed by atoms with van der Waals surface area (Å²) in [6, 6.07) is 1.92. The second-order valence-electron chi connectivity index (χ2n) is 9.82. The van der Waals surface area contributed by atoms with Crippen molar-refractivity contribution in [3.05, 3.63) is 36.0 Å². The fourth-order valence-electron chi connectivity index (χ4n) is 4.18. The average molecular weight is 603 g/mol. The van der Waals surface area contributed by atoms with Crippen molar-refractivity contribution in [3.8, 4) is 0 Å². The van der Waals surface area contributed by atoms with Crippen LogP contribution in [-0.2, 0) is 35.2 Å². The first kappa shape index (κ1) is 34.0. The molecular formula is C26H38N10O7. The topological polar surface area (TPSA) is 317 Å². The Bertz CT molecular complexity index is 1350. The molecule has 4 atom stereocenters. The number of carboxylic acid groups (broad SMARTS) is 1. The summed E-state index contributed by atoms with van der Waals surface area (Å²) in [5.41, 5.74) is 28.7. The maximum atomic E-state index is 13.2. The summed E-state index contributed by atoms with van der Waals surface area (Å²) >= 11 is 0. The molecule has 0 aliphatic carbocycles. The summed E-state index contributed by atoms with van der Waals surface area (Å²) in [5, 5.41) is 17.4. The Labute approximate surface area is 246 Å². The van der Waals surface area contributed by atoms with Crippen LogP contribution in [0.4, 0.5) is 0 Å². The van der Waals surface area contributed by atoms with Gasteiger partial charge in [-0.3, -0.25) is 29.0 Å². The number of carbonyl (C=O) groups is 6. The van der Waals surface area contributed by atoms with Gasteiger partial charge in [0.25, 0.3) is 0 Å². The molecule has 2 rings (SSSR count).